The molecular weight excluding hydrogens is 310 g/mol. The third-order valence-corrected chi connectivity index (χ3v) is 5.22. The maximum Gasteiger partial charge on any atom is 0.272 e. The van der Waals surface area contributed by atoms with Crippen molar-refractivity contribution < 1.29 is 0 Å². The van der Waals surface area contributed by atoms with Crippen LogP contribution in [-0.4, -0.2) is 10.2 Å². The van der Waals surface area contributed by atoms with Crippen molar-refractivity contribution in [2.45, 2.75) is 44.6 Å². The van der Waals surface area contributed by atoms with Gasteiger partial charge in [-0.15, -0.1) is 0 Å². The summed E-state index contributed by atoms with van der Waals surface area (Å²) >= 11 is 0. The van der Waals surface area contributed by atoms with Gasteiger partial charge in [-0.3, -0.25) is 4.79 Å². The quantitative estimate of drug-likeness (QED) is 0.734. The highest BCUT2D eigenvalue weighted by molar-refractivity contribution is 5.83. The molecule has 1 fully saturated rings. The molecule has 4 rings (SSSR count). The minimum atomic E-state index is -0.151. The number of nitrogens with zero attached hydrogens (tertiary/aromatic N) is 1. The maximum atomic E-state index is 11.7. The number of fused-ring (bicyclic) bond motifs is 1. The van der Waals surface area contributed by atoms with Crippen molar-refractivity contribution in [3.05, 3.63) is 70.1 Å². The monoisotopic (exact) mass is 333 g/mol. The van der Waals surface area contributed by atoms with Crippen LogP contribution in [0.15, 0.2) is 53.5 Å². The average Bonchev–Trinajstić information content (AvgIpc) is 2.68. The fraction of sp³-hybridized carbons (Fsp3) is 0.333. The molecule has 1 aromatic heterocycles. The third kappa shape index (κ3) is 3.58. The molecule has 0 atom stereocenters. The minimum Gasteiger partial charge on any atom is -0.381 e. The Kier molecular flexibility index (Phi) is 4.51. The Morgan fingerprint density at radius 1 is 1.04 bits per heavy atom. The van der Waals surface area contributed by atoms with E-state index in [0.717, 1.165) is 23.5 Å². The second kappa shape index (κ2) is 7.09. The Morgan fingerprint density at radius 3 is 2.64 bits per heavy atom. The van der Waals surface area contributed by atoms with Crippen molar-refractivity contribution in [3.63, 3.8) is 0 Å². The first-order valence-corrected chi connectivity index (χ1v) is 9.10. The molecule has 0 bridgehead atoms. The number of H-pyrrole nitrogens is 1. The largest absolute Gasteiger partial charge is 0.381 e. The predicted molar refractivity (Wildman–Crippen MR) is 102 cm³/mol. The lowest BCUT2D eigenvalue weighted by molar-refractivity contribution is 0.443. The van der Waals surface area contributed by atoms with E-state index in [1.165, 1.54) is 43.2 Å². The Morgan fingerprint density at radius 2 is 1.84 bits per heavy atom. The summed E-state index contributed by atoms with van der Waals surface area (Å²) in [5.74, 6) is 0.752. The van der Waals surface area contributed by atoms with Crippen molar-refractivity contribution in [2.75, 3.05) is 5.32 Å². The highest BCUT2D eigenvalue weighted by Crippen LogP contribution is 2.32. The van der Waals surface area contributed by atoms with Gasteiger partial charge in [0.15, 0.2) is 0 Å². The highest BCUT2D eigenvalue weighted by atomic mass is 16.1. The molecule has 0 amide bonds. The van der Waals surface area contributed by atoms with Crippen LogP contribution < -0.4 is 10.9 Å². The van der Waals surface area contributed by atoms with E-state index in [1.807, 2.05) is 18.2 Å². The zero-order chi connectivity index (χ0) is 17.1. The van der Waals surface area contributed by atoms with Gasteiger partial charge in [-0.2, -0.15) is 5.10 Å². The van der Waals surface area contributed by atoms with Gasteiger partial charge in [-0.25, -0.2) is 5.10 Å². The number of anilines is 1. The summed E-state index contributed by atoms with van der Waals surface area (Å²) in [5.41, 5.74) is 3.60. The van der Waals surface area contributed by atoms with E-state index in [9.17, 15) is 4.79 Å². The van der Waals surface area contributed by atoms with Gasteiger partial charge in [0.05, 0.1) is 11.6 Å². The molecule has 0 aliphatic heterocycles. The van der Waals surface area contributed by atoms with Crippen molar-refractivity contribution in [1.82, 2.24) is 10.2 Å². The fourth-order valence-electron chi connectivity index (χ4n) is 3.75. The molecule has 0 unspecified atom stereocenters. The number of aromatic nitrogens is 2. The van der Waals surface area contributed by atoms with Gasteiger partial charge < -0.3 is 5.32 Å². The molecule has 0 spiro atoms. The van der Waals surface area contributed by atoms with Gasteiger partial charge in [0.2, 0.25) is 0 Å². The average molecular weight is 333 g/mol. The molecule has 1 saturated carbocycles. The number of aromatic amines is 1. The first-order chi connectivity index (χ1) is 12.3. The minimum absolute atomic E-state index is 0.151. The first kappa shape index (κ1) is 15.9. The van der Waals surface area contributed by atoms with E-state index >= 15 is 0 Å². The normalized spacial score (nSPS) is 15.4. The molecule has 1 heterocycles. The Hall–Kier alpha value is -2.62. The molecule has 0 radical (unpaired) electrons. The SMILES string of the molecule is O=c1[nH]ncc2cc(NCc3ccc(C4CCCCC4)cc3)ccc12. The molecule has 2 N–H and O–H groups in total. The van der Waals surface area contributed by atoms with Gasteiger partial charge in [-0.05, 0) is 48.1 Å². The lowest BCUT2D eigenvalue weighted by Gasteiger charge is -2.22. The van der Waals surface area contributed by atoms with E-state index in [-0.39, 0.29) is 5.56 Å². The molecule has 3 aromatic rings. The van der Waals surface area contributed by atoms with Crippen LogP contribution in [0.4, 0.5) is 5.69 Å². The Balaban J connectivity index is 1.43. The lowest BCUT2D eigenvalue weighted by atomic mass is 9.84. The summed E-state index contributed by atoms with van der Waals surface area (Å²) in [6.07, 6.45) is 8.48. The van der Waals surface area contributed by atoms with Gasteiger partial charge in [0, 0.05) is 17.6 Å². The Labute approximate surface area is 147 Å². The summed E-state index contributed by atoms with van der Waals surface area (Å²) in [5, 5.41) is 11.3. The molecule has 1 aliphatic carbocycles. The van der Waals surface area contributed by atoms with Crippen LogP contribution in [0.3, 0.4) is 0 Å². The molecular formula is C21H23N3O. The van der Waals surface area contributed by atoms with Crippen molar-refractivity contribution in [1.29, 1.82) is 0 Å². The summed E-state index contributed by atoms with van der Waals surface area (Å²) in [6, 6.07) is 14.8. The molecule has 1 aliphatic rings. The topological polar surface area (TPSA) is 57.8 Å². The number of benzene rings is 2. The zero-order valence-corrected chi connectivity index (χ0v) is 14.3. The van der Waals surface area contributed by atoms with E-state index in [0.29, 0.717) is 5.39 Å². The number of hydrogen-bond donors (Lipinski definition) is 2. The predicted octanol–water partition coefficient (Wildman–Crippen LogP) is 4.58. The van der Waals surface area contributed by atoms with Crippen LogP contribution >= 0.6 is 0 Å². The Bertz CT molecular complexity index is 908. The van der Waals surface area contributed by atoms with Gasteiger partial charge in [0.1, 0.15) is 0 Å². The fourth-order valence-corrected chi connectivity index (χ4v) is 3.75. The smallest absolute Gasteiger partial charge is 0.272 e. The first-order valence-electron chi connectivity index (χ1n) is 9.10. The lowest BCUT2D eigenvalue weighted by Crippen LogP contribution is -2.07. The summed E-state index contributed by atoms with van der Waals surface area (Å²) in [7, 11) is 0. The zero-order valence-electron chi connectivity index (χ0n) is 14.3. The van der Waals surface area contributed by atoms with Crippen molar-refractivity contribution in [3.8, 4) is 0 Å². The second-order valence-electron chi connectivity index (χ2n) is 6.93. The summed E-state index contributed by atoms with van der Waals surface area (Å²) in [6.45, 7) is 0.771. The third-order valence-electron chi connectivity index (χ3n) is 5.22. The standard InChI is InChI=1S/C21H23N3O/c25-21-20-11-10-19(12-18(20)14-23-24-21)22-13-15-6-8-17(9-7-15)16-4-2-1-3-5-16/h6-12,14,16,22H,1-5,13H2,(H,24,25). The van der Waals surface area contributed by atoms with E-state index < -0.39 is 0 Å². The molecule has 25 heavy (non-hydrogen) atoms. The van der Waals surface area contributed by atoms with Crippen LogP contribution in [0.2, 0.25) is 0 Å². The van der Waals surface area contributed by atoms with E-state index in [1.54, 1.807) is 6.20 Å². The maximum absolute atomic E-state index is 11.7. The van der Waals surface area contributed by atoms with E-state index in [2.05, 4.69) is 39.8 Å². The van der Waals surface area contributed by atoms with Crippen LogP contribution in [0.1, 0.15) is 49.1 Å². The molecule has 2 aromatic carbocycles. The number of hydrogen-bond acceptors (Lipinski definition) is 3. The molecule has 0 saturated heterocycles. The van der Waals surface area contributed by atoms with Crippen LogP contribution in [0.5, 0.6) is 0 Å². The summed E-state index contributed by atoms with van der Waals surface area (Å²) in [4.78, 5) is 11.7. The number of nitrogens with one attached hydrogen (secondary N) is 2. The highest BCUT2D eigenvalue weighted by Gasteiger charge is 2.14. The van der Waals surface area contributed by atoms with E-state index in [4.69, 9.17) is 0 Å². The van der Waals surface area contributed by atoms with Crippen molar-refractivity contribution >= 4 is 16.5 Å². The summed E-state index contributed by atoms with van der Waals surface area (Å²) < 4.78 is 0. The molecule has 128 valence electrons. The van der Waals surface area contributed by atoms with Crippen LogP contribution in [0.25, 0.3) is 10.8 Å². The van der Waals surface area contributed by atoms with Gasteiger partial charge >= 0.3 is 0 Å². The number of rotatable bonds is 4. The van der Waals surface area contributed by atoms with Crippen molar-refractivity contribution in [2.24, 2.45) is 0 Å². The van der Waals surface area contributed by atoms with Gasteiger partial charge in [-0.1, -0.05) is 43.5 Å². The molecule has 4 nitrogen and oxygen atoms in total. The van der Waals surface area contributed by atoms with Gasteiger partial charge in [0.25, 0.3) is 5.56 Å². The second-order valence-corrected chi connectivity index (χ2v) is 6.93. The van der Waals surface area contributed by atoms with Crippen LogP contribution in [-0.2, 0) is 6.54 Å². The molecule has 4 heteroatoms. The van der Waals surface area contributed by atoms with Crippen LogP contribution in [0, 0.1) is 0 Å².